The Bertz CT molecular complexity index is 733. The Morgan fingerprint density at radius 3 is 2.68 bits per heavy atom. The molecule has 1 aliphatic rings. The van der Waals surface area contributed by atoms with E-state index in [0.717, 1.165) is 0 Å². The number of morpholine rings is 1. The van der Waals surface area contributed by atoms with E-state index in [9.17, 15) is 18.0 Å². The summed E-state index contributed by atoms with van der Waals surface area (Å²) >= 11 is 5.77. The van der Waals surface area contributed by atoms with E-state index in [1.165, 1.54) is 36.1 Å². The molecule has 0 aliphatic carbocycles. The van der Waals surface area contributed by atoms with Crippen LogP contribution in [-0.4, -0.2) is 64.1 Å². The average Bonchev–Trinajstić information content (AvgIpc) is 2.59. The SMILES string of the molecule is C[C@H](NS(=O)(=O)c1cccc(Cl)c1)C(=O)OCC(=O)N1CCOCC1. The Balaban J connectivity index is 1.88. The van der Waals surface area contributed by atoms with Gasteiger partial charge in [-0.2, -0.15) is 4.72 Å². The molecule has 25 heavy (non-hydrogen) atoms. The number of nitrogens with one attached hydrogen (secondary N) is 1. The number of hydrogen-bond donors (Lipinski definition) is 1. The van der Waals surface area contributed by atoms with Gasteiger partial charge in [-0.3, -0.25) is 9.59 Å². The number of carbonyl (C=O) groups is 2. The van der Waals surface area contributed by atoms with Gasteiger partial charge < -0.3 is 14.4 Å². The Labute approximate surface area is 151 Å². The molecule has 0 unspecified atom stereocenters. The van der Waals surface area contributed by atoms with Crippen molar-refractivity contribution in [2.75, 3.05) is 32.9 Å². The van der Waals surface area contributed by atoms with Gasteiger partial charge in [-0.05, 0) is 25.1 Å². The highest BCUT2D eigenvalue weighted by Crippen LogP contribution is 2.15. The summed E-state index contributed by atoms with van der Waals surface area (Å²) in [4.78, 5) is 25.3. The third kappa shape index (κ3) is 5.67. The zero-order valence-corrected chi connectivity index (χ0v) is 15.2. The monoisotopic (exact) mass is 390 g/mol. The molecule has 1 amide bonds. The summed E-state index contributed by atoms with van der Waals surface area (Å²) < 4.78 is 36.7. The summed E-state index contributed by atoms with van der Waals surface area (Å²) in [6, 6.07) is 4.50. The van der Waals surface area contributed by atoms with E-state index in [-0.39, 0.29) is 15.8 Å². The maximum absolute atomic E-state index is 12.2. The maximum Gasteiger partial charge on any atom is 0.324 e. The lowest BCUT2D eigenvalue weighted by Crippen LogP contribution is -2.44. The van der Waals surface area contributed by atoms with Gasteiger partial charge in [0.05, 0.1) is 18.1 Å². The van der Waals surface area contributed by atoms with E-state index < -0.39 is 28.6 Å². The number of sulfonamides is 1. The third-order valence-electron chi connectivity index (χ3n) is 3.49. The second kappa shape index (κ2) is 8.61. The van der Waals surface area contributed by atoms with Crippen molar-refractivity contribution in [3.8, 4) is 0 Å². The molecular weight excluding hydrogens is 372 g/mol. The van der Waals surface area contributed by atoms with Crippen LogP contribution in [0.15, 0.2) is 29.2 Å². The molecule has 8 nitrogen and oxygen atoms in total. The quantitative estimate of drug-likeness (QED) is 0.706. The summed E-state index contributed by atoms with van der Waals surface area (Å²) in [5, 5.41) is 0.259. The molecule has 0 bridgehead atoms. The fourth-order valence-electron chi connectivity index (χ4n) is 2.14. The lowest BCUT2D eigenvalue weighted by molar-refractivity contribution is -0.154. The van der Waals surface area contributed by atoms with Crippen molar-refractivity contribution in [3.63, 3.8) is 0 Å². The highest BCUT2D eigenvalue weighted by Gasteiger charge is 2.25. The molecule has 1 fully saturated rings. The van der Waals surface area contributed by atoms with Crippen molar-refractivity contribution in [1.82, 2.24) is 9.62 Å². The van der Waals surface area contributed by atoms with Crippen molar-refractivity contribution in [2.24, 2.45) is 0 Å². The fourth-order valence-corrected chi connectivity index (χ4v) is 3.64. The topological polar surface area (TPSA) is 102 Å². The van der Waals surface area contributed by atoms with E-state index in [4.69, 9.17) is 21.1 Å². The summed E-state index contributed by atoms with van der Waals surface area (Å²) in [5.41, 5.74) is 0. The predicted molar refractivity (Wildman–Crippen MR) is 89.6 cm³/mol. The minimum atomic E-state index is -3.93. The van der Waals surface area contributed by atoms with Gasteiger partial charge >= 0.3 is 5.97 Å². The first kappa shape index (κ1) is 19.6. The lowest BCUT2D eigenvalue weighted by atomic mass is 10.4. The smallest absolute Gasteiger partial charge is 0.324 e. The molecule has 0 radical (unpaired) electrons. The minimum absolute atomic E-state index is 0.0657. The molecule has 10 heteroatoms. The van der Waals surface area contributed by atoms with E-state index in [1.807, 2.05) is 0 Å². The van der Waals surface area contributed by atoms with Crippen LogP contribution in [0.4, 0.5) is 0 Å². The number of halogens is 1. The van der Waals surface area contributed by atoms with Gasteiger partial charge in [-0.15, -0.1) is 0 Å². The van der Waals surface area contributed by atoms with Crippen LogP contribution < -0.4 is 4.72 Å². The fraction of sp³-hybridized carbons (Fsp3) is 0.467. The second-order valence-corrected chi connectivity index (χ2v) is 7.55. The molecule has 1 atom stereocenters. The zero-order chi connectivity index (χ0) is 18.4. The van der Waals surface area contributed by atoms with E-state index in [2.05, 4.69) is 4.72 Å². The Morgan fingerprint density at radius 2 is 2.04 bits per heavy atom. The van der Waals surface area contributed by atoms with Crippen LogP contribution in [-0.2, 0) is 29.1 Å². The molecule has 0 saturated carbocycles. The minimum Gasteiger partial charge on any atom is -0.454 e. The molecular formula is C15H19ClN2O6S. The first-order valence-electron chi connectivity index (χ1n) is 7.59. The first-order valence-corrected chi connectivity index (χ1v) is 9.46. The van der Waals surface area contributed by atoms with E-state index in [1.54, 1.807) is 0 Å². The van der Waals surface area contributed by atoms with Crippen molar-refractivity contribution >= 4 is 33.5 Å². The van der Waals surface area contributed by atoms with Crippen LogP contribution >= 0.6 is 11.6 Å². The average molecular weight is 391 g/mol. The van der Waals surface area contributed by atoms with Crippen LogP contribution in [0.5, 0.6) is 0 Å². The third-order valence-corrected chi connectivity index (χ3v) is 5.27. The van der Waals surface area contributed by atoms with Gasteiger partial charge in [0.15, 0.2) is 6.61 Å². The van der Waals surface area contributed by atoms with Crippen molar-refractivity contribution in [2.45, 2.75) is 17.9 Å². The Morgan fingerprint density at radius 1 is 1.36 bits per heavy atom. The van der Waals surface area contributed by atoms with Crippen LogP contribution in [0.3, 0.4) is 0 Å². The van der Waals surface area contributed by atoms with Gasteiger partial charge in [-0.25, -0.2) is 8.42 Å². The van der Waals surface area contributed by atoms with E-state index >= 15 is 0 Å². The molecule has 2 rings (SSSR count). The highest BCUT2D eigenvalue weighted by molar-refractivity contribution is 7.89. The number of carbonyl (C=O) groups excluding carboxylic acids is 2. The molecule has 1 aliphatic heterocycles. The summed E-state index contributed by atoms with van der Waals surface area (Å²) in [6.07, 6.45) is 0. The standard InChI is InChI=1S/C15H19ClN2O6S/c1-11(17-25(21,22)13-4-2-3-12(16)9-13)15(20)24-10-14(19)18-5-7-23-8-6-18/h2-4,9,11,17H,5-8,10H2,1H3/t11-/m0/s1. The summed E-state index contributed by atoms with van der Waals surface area (Å²) in [6.45, 7) is 2.65. The normalized spacial score (nSPS) is 16.3. The van der Waals surface area contributed by atoms with E-state index in [0.29, 0.717) is 26.3 Å². The largest absolute Gasteiger partial charge is 0.454 e. The van der Waals surface area contributed by atoms with Crippen molar-refractivity contribution in [3.05, 3.63) is 29.3 Å². The molecule has 1 aromatic rings. The highest BCUT2D eigenvalue weighted by atomic mass is 35.5. The number of nitrogens with zero attached hydrogens (tertiary/aromatic N) is 1. The van der Waals surface area contributed by atoms with Gasteiger partial charge in [0, 0.05) is 18.1 Å². The van der Waals surface area contributed by atoms with Crippen LogP contribution in [0.2, 0.25) is 5.02 Å². The van der Waals surface area contributed by atoms with Crippen LogP contribution in [0.25, 0.3) is 0 Å². The predicted octanol–water partition coefficient (Wildman–Crippen LogP) is 0.409. The van der Waals surface area contributed by atoms with Crippen molar-refractivity contribution < 1.29 is 27.5 Å². The maximum atomic E-state index is 12.2. The summed E-state index contributed by atoms with van der Waals surface area (Å²) in [5.74, 6) is -1.19. The molecule has 1 heterocycles. The zero-order valence-electron chi connectivity index (χ0n) is 13.6. The van der Waals surface area contributed by atoms with Gasteiger partial charge in [0.25, 0.3) is 5.91 Å². The van der Waals surface area contributed by atoms with Gasteiger partial charge in [0.1, 0.15) is 6.04 Å². The number of benzene rings is 1. The molecule has 0 spiro atoms. The second-order valence-electron chi connectivity index (χ2n) is 5.40. The molecule has 1 aromatic carbocycles. The number of hydrogen-bond acceptors (Lipinski definition) is 6. The summed E-state index contributed by atoms with van der Waals surface area (Å²) in [7, 11) is -3.93. The Hall–Kier alpha value is -1.68. The van der Waals surface area contributed by atoms with Crippen molar-refractivity contribution in [1.29, 1.82) is 0 Å². The molecule has 1 N–H and O–H groups in total. The molecule has 0 aromatic heterocycles. The molecule has 1 saturated heterocycles. The lowest BCUT2D eigenvalue weighted by Gasteiger charge is -2.26. The number of esters is 1. The number of amides is 1. The number of rotatable bonds is 6. The van der Waals surface area contributed by atoms with Crippen LogP contribution in [0.1, 0.15) is 6.92 Å². The first-order chi connectivity index (χ1) is 11.8. The van der Waals surface area contributed by atoms with Gasteiger partial charge in [0.2, 0.25) is 10.0 Å². The van der Waals surface area contributed by atoms with Crippen LogP contribution in [0, 0.1) is 0 Å². The molecule has 138 valence electrons. The number of ether oxygens (including phenoxy) is 2. The Kier molecular flexibility index (Phi) is 6.77. The van der Waals surface area contributed by atoms with Gasteiger partial charge in [-0.1, -0.05) is 17.7 Å².